The molecular weight excluding hydrogens is 578 g/mol. The summed E-state index contributed by atoms with van der Waals surface area (Å²) in [6.45, 7) is 4.05. The van der Waals surface area contributed by atoms with Gasteiger partial charge in [-0.15, -0.1) is 0 Å². The van der Waals surface area contributed by atoms with Crippen LogP contribution in [0.3, 0.4) is 0 Å². The van der Waals surface area contributed by atoms with E-state index in [1.807, 2.05) is 6.08 Å². The van der Waals surface area contributed by atoms with Crippen LogP contribution in [0.5, 0.6) is 0 Å². The van der Waals surface area contributed by atoms with Gasteiger partial charge in [-0.25, -0.2) is 0 Å². The highest BCUT2D eigenvalue weighted by Gasteiger charge is 2.17. The van der Waals surface area contributed by atoms with E-state index in [0.717, 1.165) is 89.9 Å². The maximum atomic E-state index is 12.3. The second-order valence-corrected chi connectivity index (χ2v) is 11.5. The van der Waals surface area contributed by atoms with Gasteiger partial charge in [0.05, 0.1) is 18.8 Å². The summed E-state index contributed by atoms with van der Waals surface area (Å²) in [5, 5.41) is 22.7. The molecule has 4 heteroatoms. The molecule has 0 spiro atoms. The minimum Gasteiger partial charge on any atom is -0.394 e. The average molecular weight is 646 g/mol. The average Bonchev–Trinajstić information content (AvgIpc) is 3.07. The number of nitrogens with one attached hydrogen (secondary N) is 1. The topological polar surface area (TPSA) is 69.6 Å². The molecule has 0 aliphatic rings. The fourth-order valence-corrected chi connectivity index (χ4v) is 4.37. The molecule has 2 unspecified atom stereocenters. The van der Waals surface area contributed by atoms with Gasteiger partial charge in [-0.1, -0.05) is 148 Å². The van der Waals surface area contributed by atoms with E-state index in [2.05, 4.69) is 129 Å². The number of aliphatic hydroxyl groups is 2. The zero-order valence-corrected chi connectivity index (χ0v) is 29.7. The SMILES string of the molecule is CC/C=C\C/C=C\C/C=C\C/C=C\C/C=C\C/C=C\C/C=C\C/C=C\CCCCC(=O)NC(CO)C(O)/C=C/CC/C=C/CCCC. The molecule has 2 atom stereocenters. The number of carbonyl (C=O) groups is 1. The number of rotatable bonds is 30. The molecule has 0 rings (SSSR count). The molecule has 0 saturated heterocycles. The van der Waals surface area contributed by atoms with Crippen molar-refractivity contribution in [1.29, 1.82) is 0 Å². The van der Waals surface area contributed by atoms with E-state index in [-0.39, 0.29) is 12.5 Å². The van der Waals surface area contributed by atoms with Gasteiger partial charge in [0.1, 0.15) is 0 Å². The van der Waals surface area contributed by atoms with E-state index >= 15 is 0 Å². The Morgan fingerprint density at radius 2 is 0.936 bits per heavy atom. The summed E-state index contributed by atoms with van der Waals surface area (Å²) in [5.74, 6) is -0.128. The van der Waals surface area contributed by atoms with Crippen molar-refractivity contribution in [2.75, 3.05) is 6.61 Å². The number of allylic oxidation sites excluding steroid dienone is 19. The highest BCUT2D eigenvalue weighted by atomic mass is 16.3. The largest absolute Gasteiger partial charge is 0.394 e. The zero-order valence-electron chi connectivity index (χ0n) is 29.7. The second kappa shape index (κ2) is 37.2. The first kappa shape index (κ1) is 43.8. The van der Waals surface area contributed by atoms with Crippen LogP contribution >= 0.6 is 0 Å². The number of aliphatic hydroxyl groups excluding tert-OH is 2. The summed E-state index contributed by atoms with van der Waals surface area (Å²) in [6.07, 6.45) is 58.7. The Kier molecular flexibility index (Phi) is 34.7. The summed E-state index contributed by atoms with van der Waals surface area (Å²) in [5.41, 5.74) is 0. The molecule has 0 bridgehead atoms. The first-order valence-corrected chi connectivity index (χ1v) is 18.2. The molecule has 0 radical (unpaired) electrons. The molecule has 4 nitrogen and oxygen atoms in total. The van der Waals surface area contributed by atoms with Gasteiger partial charge in [0.2, 0.25) is 5.91 Å². The predicted octanol–water partition coefficient (Wildman–Crippen LogP) is 11.1. The molecular formula is C43H67NO3. The Balaban J connectivity index is 3.81. The number of amides is 1. The van der Waals surface area contributed by atoms with E-state index in [1.165, 1.54) is 12.8 Å². The Bertz CT molecular complexity index is 1010. The lowest BCUT2D eigenvalue weighted by molar-refractivity contribution is -0.123. The van der Waals surface area contributed by atoms with Crippen molar-refractivity contribution >= 4 is 5.91 Å². The van der Waals surface area contributed by atoms with Gasteiger partial charge in [0.15, 0.2) is 0 Å². The van der Waals surface area contributed by atoms with Crippen molar-refractivity contribution in [1.82, 2.24) is 5.32 Å². The predicted molar refractivity (Wildman–Crippen MR) is 206 cm³/mol. The minimum absolute atomic E-state index is 0.128. The molecule has 0 aliphatic carbocycles. The Labute approximate surface area is 288 Å². The van der Waals surface area contributed by atoms with Crippen LogP contribution in [0.15, 0.2) is 122 Å². The highest BCUT2D eigenvalue weighted by Crippen LogP contribution is 2.05. The van der Waals surface area contributed by atoms with Crippen LogP contribution < -0.4 is 5.32 Å². The zero-order chi connectivity index (χ0) is 34.3. The molecule has 0 aromatic carbocycles. The summed E-state index contributed by atoms with van der Waals surface area (Å²) < 4.78 is 0. The normalized spacial score (nSPS) is 14.6. The first-order chi connectivity index (χ1) is 23.2. The van der Waals surface area contributed by atoms with Gasteiger partial charge < -0.3 is 15.5 Å². The molecule has 0 saturated carbocycles. The Hall–Kier alpha value is -3.21. The Morgan fingerprint density at radius 1 is 0.532 bits per heavy atom. The summed E-state index contributed by atoms with van der Waals surface area (Å²) in [7, 11) is 0. The molecule has 1 amide bonds. The van der Waals surface area contributed by atoms with Crippen molar-refractivity contribution < 1.29 is 15.0 Å². The molecule has 47 heavy (non-hydrogen) atoms. The lowest BCUT2D eigenvalue weighted by Gasteiger charge is -2.19. The van der Waals surface area contributed by atoms with Crippen molar-refractivity contribution in [2.45, 2.75) is 135 Å². The van der Waals surface area contributed by atoms with Gasteiger partial charge in [0, 0.05) is 6.42 Å². The van der Waals surface area contributed by atoms with Gasteiger partial charge in [-0.3, -0.25) is 4.79 Å². The van der Waals surface area contributed by atoms with Gasteiger partial charge in [-0.2, -0.15) is 0 Å². The number of hydrogen-bond acceptors (Lipinski definition) is 3. The minimum atomic E-state index is -0.886. The van der Waals surface area contributed by atoms with Crippen LogP contribution in [0.4, 0.5) is 0 Å². The molecule has 3 N–H and O–H groups in total. The molecule has 0 fully saturated rings. The fourth-order valence-electron chi connectivity index (χ4n) is 4.37. The molecule has 0 aliphatic heterocycles. The van der Waals surface area contributed by atoms with Gasteiger partial charge >= 0.3 is 0 Å². The second-order valence-electron chi connectivity index (χ2n) is 11.5. The highest BCUT2D eigenvalue weighted by molar-refractivity contribution is 5.76. The van der Waals surface area contributed by atoms with Crippen molar-refractivity contribution in [3.8, 4) is 0 Å². The van der Waals surface area contributed by atoms with Crippen LogP contribution in [-0.2, 0) is 4.79 Å². The van der Waals surface area contributed by atoms with E-state index in [0.29, 0.717) is 6.42 Å². The van der Waals surface area contributed by atoms with E-state index in [4.69, 9.17) is 0 Å². The third kappa shape index (κ3) is 34.0. The van der Waals surface area contributed by atoms with E-state index in [9.17, 15) is 15.0 Å². The fraction of sp³-hybridized carbons (Fsp3) is 0.512. The van der Waals surface area contributed by atoms with Crippen LogP contribution in [-0.4, -0.2) is 34.9 Å². The number of hydrogen-bond donors (Lipinski definition) is 3. The van der Waals surface area contributed by atoms with Crippen LogP contribution in [0, 0.1) is 0 Å². The maximum Gasteiger partial charge on any atom is 0.220 e. The van der Waals surface area contributed by atoms with Crippen LogP contribution in [0.1, 0.15) is 123 Å². The molecule has 262 valence electrons. The molecule has 0 aromatic heterocycles. The van der Waals surface area contributed by atoms with E-state index in [1.54, 1.807) is 6.08 Å². The van der Waals surface area contributed by atoms with Crippen LogP contribution in [0.2, 0.25) is 0 Å². The van der Waals surface area contributed by atoms with Gasteiger partial charge in [0.25, 0.3) is 0 Å². The smallest absolute Gasteiger partial charge is 0.220 e. The third-order valence-corrected chi connectivity index (χ3v) is 7.18. The van der Waals surface area contributed by atoms with Crippen LogP contribution in [0.25, 0.3) is 0 Å². The monoisotopic (exact) mass is 646 g/mol. The van der Waals surface area contributed by atoms with Gasteiger partial charge in [-0.05, 0) is 89.9 Å². The Morgan fingerprint density at radius 3 is 1.40 bits per heavy atom. The molecule has 0 aromatic rings. The first-order valence-electron chi connectivity index (χ1n) is 18.2. The summed E-state index contributed by atoms with van der Waals surface area (Å²) >= 11 is 0. The quantitative estimate of drug-likeness (QED) is 0.0538. The lowest BCUT2D eigenvalue weighted by atomic mass is 10.1. The standard InChI is InChI=1S/C43H67NO3/c1-3-5-7-9-11-13-14-15-16-17-18-19-20-21-22-23-24-25-26-27-28-29-30-31-33-35-37-39-43(47)44-41(40-45)42(46)38-36-34-32-12-10-8-6-4-2/h5,7,10-13,15-16,18-19,21-22,24-25,27-28,30-31,36,38,41-42,45-46H,3-4,6,8-9,14,17,20,23,26,29,32-35,37,39-40H2,1-2H3,(H,44,47)/b7-5-,12-10+,13-11-,16-15-,19-18-,22-21-,25-24-,28-27-,31-30-,38-36+. The maximum absolute atomic E-state index is 12.3. The van der Waals surface area contributed by atoms with Crippen molar-refractivity contribution in [3.63, 3.8) is 0 Å². The lowest BCUT2D eigenvalue weighted by Crippen LogP contribution is -2.45. The van der Waals surface area contributed by atoms with Crippen molar-refractivity contribution in [3.05, 3.63) is 122 Å². The van der Waals surface area contributed by atoms with Crippen molar-refractivity contribution in [2.24, 2.45) is 0 Å². The number of carbonyl (C=O) groups excluding carboxylic acids is 1. The van der Waals surface area contributed by atoms with E-state index < -0.39 is 12.1 Å². The summed E-state index contributed by atoms with van der Waals surface area (Å²) in [4.78, 5) is 12.3. The molecule has 0 heterocycles. The third-order valence-electron chi connectivity index (χ3n) is 7.18. The summed E-state index contributed by atoms with van der Waals surface area (Å²) in [6, 6.07) is -0.668. The number of unbranched alkanes of at least 4 members (excludes halogenated alkanes) is 5.